The molecule has 1 atom stereocenters. The van der Waals surface area contributed by atoms with Gasteiger partial charge in [-0.2, -0.15) is 0 Å². The summed E-state index contributed by atoms with van der Waals surface area (Å²) in [7, 11) is -1.55. The monoisotopic (exact) mass is 299 g/mol. The summed E-state index contributed by atoms with van der Waals surface area (Å²) < 4.78 is 37.7. The molecule has 0 aliphatic heterocycles. The van der Waals surface area contributed by atoms with Gasteiger partial charge in [-0.25, -0.2) is 12.8 Å². The lowest BCUT2D eigenvalue weighted by Crippen LogP contribution is -2.40. The van der Waals surface area contributed by atoms with Gasteiger partial charge in [0.1, 0.15) is 5.82 Å². The zero-order valence-electron chi connectivity index (χ0n) is 11.8. The van der Waals surface area contributed by atoms with Crippen LogP contribution in [0.25, 0.3) is 0 Å². The summed E-state index contributed by atoms with van der Waals surface area (Å²) in [5.74, 6) is 0.0881. The molecule has 0 saturated heterocycles. The molecule has 1 aromatic carbocycles. The molecule has 20 heavy (non-hydrogen) atoms. The van der Waals surface area contributed by atoms with E-state index in [2.05, 4.69) is 5.32 Å². The molecular weight excluding hydrogens is 277 g/mol. The second kappa shape index (κ2) is 6.68. The second-order valence-corrected chi connectivity index (χ2v) is 7.56. The molecule has 0 bridgehead atoms. The molecule has 0 heterocycles. The van der Waals surface area contributed by atoms with Crippen LogP contribution in [0.4, 0.5) is 4.39 Å². The van der Waals surface area contributed by atoms with Gasteiger partial charge in [-0.3, -0.25) is 0 Å². The summed E-state index contributed by atoms with van der Waals surface area (Å²) in [6, 6.07) is 5.06. The number of sulfone groups is 1. The molecule has 0 spiro atoms. The van der Waals surface area contributed by atoms with Crippen LogP contribution in [-0.2, 0) is 9.84 Å². The van der Waals surface area contributed by atoms with Crippen LogP contribution in [0.1, 0.15) is 32.1 Å². The average Bonchev–Trinajstić information content (AvgIpc) is 2.46. The van der Waals surface area contributed by atoms with Crippen molar-refractivity contribution in [3.63, 3.8) is 0 Å². The molecule has 1 fully saturated rings. The van der Waals surface area contributed by atoms with Crippen molar-refractivity contribution in [2.45, 2.75) is 43.0 Å². The minimum Gasteiger partial charge on any atom is -0.316 e. The Bertz CT molecular complexity index is 521. The first kappa shape index (κ1) is 15.4. The Hall–Kier alpha value is -0.940. The Balaban J connectivity index is 2.10. The predicted octanol–water partition coefficient (Wildman–Crippen LogP) is 2.77. The number of hydrogen-bond acceptors (Lipinski definition) is 3. The van der Waals surface area contributed by atoms with Crippen molar-refractivity contribution in [1.82, 2.24) is 5.32 Å². The molecule has 3 nitrogen and oxygen atoms in total. The lowest BCUT2D eigenvalue weighted by atomic mass is 9.84. The van der Waals surface area contributed by atoms with Gasteiger partial charge in [0.2, 0.25) is 0 Å². The Morgan fingerprint density at radius 1 is 1.20 bits per heavy atom. The van der Waals surface area contributed by atoms with E-state index >= 15 is 0 Å². The molecule has 0 aromatic heterocycles. The van der Waals surface area contributed by atoms with Crippen LogP contribution in [0, 0.1) is 11.7 Å². The summed E-state index contributed by atoms with van der Waals surface area (Å²) in [6.45, 7) is 0. The van der Waals surface area contributed by atoms with Crippen LogP contribution in [0.3, 0.4) is 0 Å². The molecule has 112 valence electrons. The standard InChI is InChI=1S/C15H22FNO2S/c1-17-15(12-5-3-2-4-6-12)11-20(18,19)14-9-7-13(16)8-10-14/h7-10,12,15,17H,2-6,11H2,1H3. The van der Waals surface area contributed by atoms with E-state index in [1.54, 1.807) is 0 Å². The van der Waals surface area contributed by atoms with E-state index in [1.165, 1.54) is 43.5 Å². The lowest BCUT2D eigenvalue weighted by Gasteiger charge is -2.29. The average molecular weight is 299 g/mol. The van der Waals surface area contributed by atoms with Gasteiger partial charge in [-0.1, -0.05) is 19.3 Å². The largest absolute Gasteiger partial charge is 0.316 e. The molecule has 1 aromatic rings. The molecule has 1 saturated carbocycles. The minimum absolute atomic E-state index is 0.0228. The van der Waals surface area contributed by atoms with Crippen molar-refractivity contribution in [2.24, 2.45) is 5.92 Å². The molecule has 0 radical (unpaired) electrons. The number of nitrogens with one attached hydrogen (secondary N) is 1. The molecule has 1 aliphatic rings. The van der Waals surface area contributed by atoms with Crippen LogP contribution >= 0.6 is 0 Å². The van der Waals surface area contributed by atoms with Gasteiger partial charge in [-0.05, 0) is 50.1 Å². The molecule has 0 amide bonds. The van der Waals surface area contributed by atoms with Crippen LogP contribution < -0.4 is 5.32 Å². The van der Waals surface area contributed by atoms with Crippen molar-refractivity contribution in [3.05, 3.63) is 30.1 Å². The third-order valence-corrected chi connectivity index (χ3v) is 5.95. The normalized spacial score (nSPS) is 18.9. The Morgan fingerprint density at radius 3 is 2.35 bits per heavy atom. The van der Waals surface area contributed by atoms with Crippen molar-refractivity contribution in [3.8, 4) is 0 Å². The van der Waals surface area contributed by atoms with E-state index in [0.717, 1.165) is 12.8 Å². The molecule has 2 rings (SSSR count). The van der Waals surface area contributed by atoms with Crippen LogP contribution in [0.5, 0.6) is 0 Å². The maximum absolute atomic E-state index is 12.9. The van der Waals surface area contributed by atoms with Crippen LogP contribution in [0.15, 0.2) is 29.2 Å². The van der Waals surface area contributed by atoms with Crippen LogP contribution in [-0.4, -0.2) is 27.3 Å². The Morgan fingerprint density at radius 2 is 1.80 bits per heavy atom. The summed E-state index contributed by atoms with van der Waals surface area (Å²) >= 11 is 0. The van der Waals surface area contributed by atoms with Gasteiger partial charge in [0, 0.05) is 6.04 Å². The number of halogens is 1. The van der Waals surface area contributed by atoms with E-state index in [1.807, 2.05) is 7.05 Å². The number of benzene rings is 1. The fourth-order valence-corrected chi connectivity index (χ4v) is 4.62. The highest BCUT2D eigenvalue weighted by Gasteiger charge is 2.28. The van der Waals surface area contributed by atoms with E-state index < -0.39 is 15.7 Å². The molecule has 1 aliphatic carbocycles. The smallest absolute Gasteiger partial charge is 0.179 e. The minimum atomic E-state index is -3.37. The highest BCUT2D eigenvalue weighted by Crippen LogP contribution is 2.28. The summed E-state index contributed by atoms with van der Waals surface area (Å²) in [6.07, 6.45) is 5.78. The van der Waals surface area contributed by atoms with E-state index in [-0.39, 0.29) is 16.7 Å². The van der Waals surface area contributed by atoms with Crippen LogP contribution in [0.2, 0.25) is 0 Å². The Labute approximate surface area is 120 Å². The van der Waals surface area contributed by atoms with Crippen molar-refractivity contribution in [1.29, 1.82) is 0 Å². The first-order valence-electron chi connectivity index (χ1n) is 7.18. The van der Waals surface area contributed by atoms with Gasteiger partial charge >= 0.3 is 0 Å². The van der Waals surface area contributed by atoms with Crippen molar-refractivity contribution < 1.29 is 12.8 Å². The molecule has 1 unspecified atom stereocenters. The maximum Gasteiger partial charge on any atom is 0.179 e. The number of rotatable bonds is 5. The first-order chi connectivity index (χ1) is 9.53. The maximum atomic E-state index is 12.9. The fourth-order valence-electron chi connectivity index (χ4n) is 2.97. The van der Waals surface area contributed by atoms with Crippen molar-refractivity contribution >= 4 is 9.84 Å². The molecule has 5 heteroatoms. The van der Waals surface area contributed by atoms with E-state index in [9.17, 15) is 12.8 Å². The second-order valence-electron chi connectivity index (χ2n) is 5.53. The van der Waals surface area contributed by atoms with Crippen molar-refractivity contribution in [2.75, 3.05) is 12.8 Å². The Kier molecular flexibility index (Phi) is 5.16. The van der Waals surface area contributed by atoms with Gasteiger partial charge in [0.05, 0.1) is 10.6 Å². The molecule has 1 N–H and O–H groups in total. The highest BCUT2D eigenvalue weighted by molar-refractivity contribution is 7.91. The van der Waals surface area contributed by atoms with Gasteiger partial charge in [0.25, 0.3) is 0 Å². The summed E-state index contributed by atoms with van der Waals surface area (Å²) in [5, 5.41) is 3.16. The fraction of sp³-hybridized carbons (Fsp3) is 0.600. The SMILES string of the molecule is CNC(CS(=O)(=O)c1ccc(F)cc1)C1CCCCC1. The predicted molar refractivity (Wildman–Crippen MR) is 77.9 cm³/mol. The quantitative estimate of drug-likeness (QED) is 0.850. The third-order valence-electron chi connectivity index (χ3n) is 4.16. The van der Waals surface area contributed by atoms with Gasteiger partial charge < -0.3 is 5.32 Å². The third kappa shape index (κ3) is 3.79. The molecular formula is C15H22FNO2S. The van der Waals surface area contributed by atoms with E-state index in [4.69, 9.17) is 0 Å². The van der Waals surface area contributed by atoms with Gasteiger partial charge in [-0.15, -0.1) is 0 Å². The zero-order valence-corrected chi connectivity index (χ0v) is 12.6. The topological polar surface area (TPSA) is 46.2 Å². The zero-order chi connectivity index (χ0) is 14.6. The summed E-state index contributed by atoms with van der Waals surface area (Å²) in [5.41, 5.74) is 0. The lowest BCUT2D eigenvalue weighted by molar-refractivity contribution is 0.292. The van der Waals surface area contributed by atoms with E-state index in [0.29, 0.717) is 5.92 Å². The highest BCUT2D eigenvalue weighted by atomic mass is 32.2. The first-order valence-corrected chi connectivity index (χ1v) is 8.84. The number of hydrogen-bond donors (Lipinski definition) is 1. The van der Waals surface area contributed by atoms with Gasteiger partial charge in [0.15, 0.2) is 9.84 Å². The summed E-state index contributed by atoms with van der Waals surface area (Å²) in [4.78, 5) is 0.204.